The maximum Gasteiger partial charge on any atom is 0.0594 e. The van der Waals surface area contributed by atoms with E-state index >= 15 is 0 Å². The average molecular weight is 258 g/mol. The number of morpholine rings is 1. The van der Waals surface area contributed by atoms with Crippen LogP contribution in [0, 0.1) is 0 Å². The van der Waals surface area contributed by atoms with Crippen molar-refractivity contribution >= 4 is 10.9 Å². The van der Waals surface area contributed by atoms with Gasteiger partial charge in [0.1, 0.15) is 0 Å². The largest absolute Gasteiger partial charge is 0.379 e. The number of nitrogens with zero attached hydrogens (tertiary/aromatic N) is 1. The Morgan fingerprint density at radius 1 is 1.26 bits per heavy atom. The van der Waals surface area contributed by atoms with E-state index in [9.17, 15) is 0 Å². The Labute approximate surface area is 114 Å². The number of nitrogens with one attached hydrogen (secondary N) is 1. The second-order valence-corrected chi connectivity index (χ2v) is 5.65. The van der Waals surface area contributed by atoms with Crippen LogP contribution in [-0.2, 0) is 11.3 Å². The molecule has 1 fully saturated rings. The van der Waals surface area contributed by atoms with Crippen LogP contribution in [0.5, 0.6) is 0 Å². The summed E-state index contributed by atoms with van der Waals surface area (Å²) < 4.78 is 5.41. The lowest BCUT2D eigenvalue weighted by Gasteiger charge is -2.26. The third-order valence-corrected chi connectivity index (χ3v) is 3.89. The van der Waals surface area contributed by atoms with Crippen LogP contribution >= 0.6 is 0 Å². The Kier molecular flexibility index (Phi) is 3.58. The van der Waals surface area contributed by atoms with E-state index in [4.69, 9.17) is 4.74 Å². The standard InChI is InChI=1S/C16H22N2O/c1-12(2)16-10-14-13(4-3-5-15(14)17-16)11-18-6-8-19-9-7-18/h3-5,10,12,17H,6-9,11H2,1-2H3. The van der Waals surface area contributed by atoms with Crippen LogP contribution in [0.2, 0.25) is 0 Å². The molecule has 1 saturated heterocycles. The number of aromatic nitrogens is 1. The summed E-state index contributed by atoms with van der Waals surface area (Å²) in [5, 5.41) is 1.37. The van der Waals surface area contributed by atoms with Crippen LogP contribution in [-0.4, -0.2) is 36.2 Å². The van der Waals surface area contributed by atoms with Crippen molar-refractivity contribution in [2.45, 2.75) is 26.3 Å². The minimum atomic E-state index is 0.545. The Morgan fingerprint density at radius 2 is 2.05 bits per heavy atom. The molecule has 1 aliphatic heterocycles. The summed E-state index contributed by atoms with van der Waals surface area (Å²) >= 11 is 0. The van der Waals surface area contributed by atoms with Gasteiger partial charge in [0.2, 0.25) is 0 Å². The van der Waals surface area contributed by atoms with Crippen LogP contribution in [0.25, 0.3) is 10.9 Å². The quantitative estimate of drug-likeness (QED) is 0.916. The average Bonchev–Trinajstić information content (AvgIpc) is 2.85. The Morgan fingerprint density at radius 3 is 2.79 bits per heavy atom. The maximum atomic E-state index is 5.41. The molecule has 0 amide bonds. The summed E-state index contributed by atoms with van der Waals surface area (Å²) in [5.41, 5.74) is 4.00. The third kappa shape index (κ3) is 2.67. The normalized spacial score (nSPS) is 17.4. The predicted octanol–water partition coefficient (Wildman–Crippen LogP) is 3.12. The first-order valence-corrected chi connectivity index (χ1v) is 7.14. The first-order valence-electron chi connectivity index (χ1n) is 7.14. The molecule has 0 unspecified atom stereocenters. The lowest BCUT2D eigenvalue weighted by atomic mass is 10.1. The summed E-state index contributed by atoms with van der Waals surface area (Å²) in [4.78, 5) is 6.00. The van der Waals surface area contributed by atoms with E-state index in [1.165, 1.54) is 22.2 Å². The van der Waals surface area contributed by atoms with E-state index in [1.807, 2.05) is 0 Å². The van der Waals surface area contributed by atoms with E-state index in [0.29, 0.717) is 5.92 Å². The molecule has 0 aliphatic carbocycles. The Hall–Kier alpha value is -1.32. The van der Waals surface area contributed by atoms with Gasteiger partial charge in [0, 0.05) is 36.2 Å². The number of rotatable bonds is 3. The molecular formula is C16H22N2O. The molecule has 1 aliphatic rings. The Bertz CT molecular complexity index is 553. The summed E-state index contributed by atoms with van der Waals surface area (Å²) in [7, 11) is 0. The number of benzene rings is 1. The van der Waals surface area contributed by atoms with Gasteiger partial charge in [-0.15, -0.1) is 0 Å². The lowest BCUT2D eigenvalue weighted by Crippen LogP contribution is -2.35. The Balaban J connectivity index is 1.89. The minimum absolute atomic E-state index is 0.545. The van der Waals surface area contributed by atoms with Crippen molar-refractivity contribution in [1.29, 1.82) is 0 Å². The van der Waals surface area contributed by atoms with Gasteiger partial charge in [-0.2, -0.15) is 0 Å². The van der Waals surface area contributed by atoms with E-state index in [2.05, 4.69) is 48.0 Å². The molecular weight excluding hydrogens is 236 g/mol. The molecule has 3 nitrogen and oxygen atoms in total. The molecule has 0 atom stereocenters. The highest BCUT2D eigenvalue weighted by molar-refractivity contribution is 5.84. The highest BCUT2D eigenvalue weighted by atomic mass is 16.5. The van der Waals surface area contributed by atoms with Crippen molar-refractivity contribution in [2.24, 2.45) is 0 Å². The van der Waals surface area contributed by atoms with Gasteiger partial charge in [-0.1, -0.05) is 26.0 Å². The molecule has 3 heteroatoms. The number of hydrogen-bond acceptors (Lipinski definition) is 2. The molecule has 2 heterocycles. The van der Waals surface area contributed by atoms with Crippen molar-refractivity contribution in [2.75, 3.05) is 26.3 Å². The molecule has 3 rings (SSSR count). The molecule has 1 N–H and O–H groups in total. The molecule has 0 bridgehead atoms. The zero-order valence-corrected chi connectivity index (χ0v) is 11.8. The second-order valence-electron chi connectivity index (χ2n) is 5.65. The molecule has 102 valence electrons. The molecule has 2 aromatic rings. The predicted molar refractivity (Wildman–Crippen MR) is 78.5 cm³/mol. The smallest absolute Gasteiger partial charge is 0.0594 e. The number of fused-ring (bicyclic) bond motifs is 1. The van der Waals surface area contributed by atoms with Crippen LogP contribution in [0.15, 0.2) is 24.3 Å². The fourth-order valence-corrected chi connectivity index (χ4v) is 2.69. The SMILES string of the molecule is CC(C)c1cc2c(CN3CCOCC3)cccc2[nH]1. The lowest BCUT2D eigenvalue weighted by molar-refractivity contribution is 0.0344. The molecule has 1 aromatic heterocycles. The molecule has 0 radical (unpaired) electrons. The van der Waals surface area contributed by atoms with E-state index in [1.54, 1.807) is 0 Å². The number of aromatic amines is 1. The highest BCUT2D eigenvalue weighted by Crippen LogP contribution is 2.25. The van der Waals surface area contributed by atoms with Crippen molar-refractivity contribution < 1.29 is 4.74 Å². The summed E-state index contributed by atoms with van der Waals surface area (Å²) in [6.07, 6.45) is 0. The number of hydrogen-bond donors (Lipinski definition) is 1. The van der Waals surface area contributed by atoms with E-state index in [0.717, 1.165) is 32.8 Å². The fourth-order valence-electron chi connectivity index (χ4n) is 2.69. The molecule has 1 aromatic carbocycles. The van der Waals surface area contributed by atoms with Crippen molar-refractivity contribution in [3.8, 4) is 0 Å². The third-order valence-electron chi connectivity index (χ3n) is 3.89. The molecule has 0 saturated carbocycles. The van der Waals surface area contributed by atoms with Gasteiger partial charge >= 0.3 is 0 Å². The van der Waals surface area contributed by atoms with Gasteiger partial charge in [0.25, 0.3) is 0 Å². The van der Waals surface area contributed by atoms with Crippen molar-refractivity contribution in [1.82, 2.24) is 9.88 Å². The zero-order chi connectivity index (χ0) is 13.2. The number of H-pyrrole nitrogens is 1. The maximum absolute atomic E-state index is 5.41. The van der Waals surface area contributed by atoms with Gasteiger partial charge in [-0.25, -0.2) is 0 Å². The van der Waals surface area contributed by atoms with Crippen molar-refractivity contribution in [3.05, 3.63) is 35.5 Å². The summed E-state index contributed by atoms with van der Waals surface area (Å²) in [5.74, 6) is 0.545. The van der Waals surface area contributed by atoms with E-state index < -0.39 is 0 Å². The van der Waals surface area contributed by atoms with Gasteiger partial charge < -0.3 is 9.72 Å². The van der Waals surface area contributed by atoms with E-state index in [-0.39, 0.29) is 0 Å². The highest BCUT2D eigenvalue weighted by Gasteiger charge is 2.13. The van der Waals surface area contributed by atoms with Gasteiger partial charge in [-0.05, 0) is 23.6 Å². The molecule has 19 heavy (non-hydrogen) atoms. The summed E-state index contributed by atoms with van der Waals surface area (Å²) in [6, 6.07) is 8.88. The minimum Gasteiger partial charge on any atom is -0.379 e. The first kappa shape index (κ1) is 12.7. The van der Waals surface area contributed by atoms with Crippen LogP contribution in [0.4, 0.5) is 0 Å². The van der Waals surface area contributed by atoms with Crippen LogP contribution < -0.4 is 0 Å². The van der Waals surface area contributed by atoms with Crippen LogP contribution in [0.3, 0.4) is 0 Å². The summed E-state index contributed by atoms with van der Waals surface area (Å²) in [6.45, 7) is 9.28. The van der Waals surface area contributed by atoms with Crippen molar-refractivity contribution in [3.63, 3.8) is 0 Å². The first-order chi connectivity index (χ1) is 9.24. The monoisotopic (exact) mass is 258 g/mol. The number of ether oxygens (including phenoxy) is 1. The molecule has 0 spiro atoms. The van der Waals surface area contributed by atoms with Gasteiger partial charge in [0.15, 0.2) is 0 Å². The van der Waals surface area contributed by atoms with Gasteiger partial charge in [0.05, 0.1) is 13.2 Å². The zero-order valence-electron chi connectivity index (χ0n) is 11.8. The second kappa shape index (κ2) is 5.35. The topological polar surface area (TPSA) is 28.3 Å². The fraction of sp³-hybridized carbons (Fsp3) is 0.500. The van der Waals surface area contributed by atoms with Crippen LogP contribution in [0.1, 0.15) is 31.0 Å². The van der Waals surface area contributed by atoms with Gasteiger partial charge in [-0.3, -0.25) is 4.90 Å².